The molecule has 0 fully saturated rings. The molecule has 0 aliphatic heterocycles. The third-order valence-electron chi connectivity index (χ3n) is 3.81. The Morgan fingerprint density at radius 2 is 1.04 bits per heavy atom. The van der Waals surface area contributed by atoms with Crippen LogP contribution in [0, 0.1) is 0 Å². The van der Waals surface area contributed by atoms with Crippen LogP contribution in [0.3, 0.4) is 0 Å². The summed E-state index contributed by atoms with van der Waals surface area (Å²) in [5.41, 5.74) is 5.83. The average Bonchev–Trinajstić information content (AvgIpc) is 3.14. The van der Waals surface area contributed by atoms with Gasteiger partial charge in [0, 0.05) is 16.5 Å². The SMILES string of the molecule is c1ccc(-c2ccc(-c3csc(-c4ccccc4)n3)cc2)cc1. The van der Waals surface area contributed by atoms with Gasteiger partial charge in [-0.1, -0.05) is 84.9 Å². The molecule has 1 nitrogen and oxygen atoms in total. The van der Waals surface area contributed by atoms with Gasteiger partial charge >= 0.3 is 0 Å². The van der Waals surface area contributed by atoms with Gasteiger partial charge in [0.05, 0.1) is 5.69 Å². The highest BCUT2D eigenvalue weighted by Gasteiger charge is 2.06. The predicted molar refractivity (Wildman–Crippen MR) is 98.4 cm³/mol. The summed E-state index contributed by atoms with van der Waals surface area (Å²) in [6.45, 7) is 0. The molecule has 1 heterocycles. The third kappa shape index (κ3) is 2.94. The maximum absolute atomic E-state index is 4.77. The first-order valence-corrected chi connectivity index (χ1v) is 8.45. The fourth-order valence-corrected chi connectivity index (χ4v) is 3.42. The van der Waals surface area contributed by atoms with Crippen molar-refractivity contribution in [1.82, 2.24) is 4.98 Å². The van der Waals surface area contributed by atoms with Crippen LogP contribution in [0.5, 0.6) is 0 Å². The molecule has 0 saturated heterocycles. The van der Waals surface area contributed by atoms with E-state index in [0.717, 1.165) is 16.3 Å². The van der Waals surface area contributed by atoms with Crippen molar-refractivity contribution in [2.24, 2.45) is 0 Å². The molecule has 0 aliphatic rings. The molecule has 4 rings (SSSR count). The van der Waals surface area contributed by atoms with Gasteiger partial charge in [-0.15, -0.1) is 11.3 Å². The molecule has 4 aromatic rings. The minimum absolute atomic E-state index is 1.04. The summed E-state index contributed by atoms with van der Waals surface area (Å²) in [5, 5.41) is 3.19. The molecule has 0 N–H and O–H groups in total. The summed E-state index contributed by atoms with van der Waals surface area (Å²) in [5.74, 6) is 0. The first-order chi connectivity index (χ1) is 11.4. The highest BCUT2D eigenvalue weighted by atomic mass is 32.1. The summed E-state index contributed by atoms with van der Waals surface area (Å²) in [4.78, 5) is 4.77. The van der Waals surface area contributed by atoms with Crippen LogP contribution in [-0.4, -0.2) is 4.98 Å². The lowest BCUT2D eigenvalue weighted by atomic mass is 10.0. The van der Waals surface area contributed by atoms with Crippen molar-refractivity contribution in [3.05, 3.63) is 90.3 Å². The van der Waals surface area contributed by atoms with Crippen LogP contribution in [0.4, 0.5) is 0 Å². The quantitative estimate of drug-likeness (QED) is 0.442. The van der Waals surface area contributed by atoms with Crippen molar-refractivity contribution in [1.29, 1.82) is 0 Å². The van der Waals surface area contributed by atoms with Crippen LogP contribution in [0.25, 0.3) is 33.0 Å². The van der Waals surface area contributed by atoms with Crippen molar-refractivity contribution in [3.8, 4) is 33.0 Å². The normalized spacial score (nSPS) is 10.6. The molecule has 0 bridgehead atoms. The second-order valence-corrected chi connectivity index (χ2v) is 6.21. The molecule has 23 heavy (non-hydrogen) atoms. The van der Waals surface area contributed by atoms with E-state index in [1.807, 2.05) is 24.3 Å². The fraction of sp³-hybridized carbons (Fsp3) is 0. The number of hydrogen-bond acceptors (Lipinski definition) is 2. The Bertz CT molecular complexity index is 894. The third-order valence-corrected chi connectivity index (χ3v) is 4.70. The highest BCUT2D eigenvalue weighted by molar-refractivity contribution is 7.13. The van der Waals surface area contributed by atoms with E-state index in [0.29, 0.717) is 0 Å². The lowest BCUT2D eigenvalue weighted by Gasteiger charge is -2.02. The number of aromatic nitrogens is 1. The van der Waals surface area contributed by atoms with Crippen LogP contribution in [-0.2, 0) is 0 Å². The molecule has 0 unspecified atom stereocenters. The van der Waals surface area contributed by atoms with Gasteiger partial charge in [0.1, 0.15) is 5.01 Å². The van der Waals surface area contributed by atoms with E-state index >= 15 is 0 Å². The monoisotopic (exact) mass is 313 g/mol. The van der Waals surface area contributed by atoms with E-state index in [1.165, 1.54) is 16.7 Å². The van der Waals surface area contributed by atoms with E-state index in [9.17, 15) is 0 Å². The van der Waals surface area contributed by atoms with E-state index in [4.69, 9.17) is 4.98 Å². The highest BCUT2D eigenvalue weighted by Crippen LogP contribution is 2.30. The van der Waals surface area contributed by atoms with Gasteiger partial charge in [0.2, 0.25) is 0 Å². The Kier molecular flexibility index (Phi) is 3.75. The standard InChI is InChI=1S/C21H15NS/c1-3-7-16(8-4-1)17-11-13-18(14-12-17)20-15-23-21(22-20)19-9-5-2-6-10-19/h1-15H. The van der Waals surface area contributed by atoms with Crippen molar-refractivity contribution in [2.45, 2.75) is 0 Å². The van der Waals surface area contributed by atoms with Gasteiger partial charge < -0.3 is 0 Å². The molecular weight excluding hydrogens is 298 g/mol. The molecule has 0 amide bonds. The van der Waals surface area contributed by atoms with Crippen molar-refractivity contribution >= 4 is 11.3 Å². The summed E-state index contributed by atoms with van der Waals surface area (Å²) in [6.07, 6.45) is 0. The van der Waals surface area contributed by atoms with Gasteiger partial charge in [-0.25, -0.2) is 4.98 Å². The molecule has 0 radical (unpaired) electrons. The number of hydrogen-bond donors (Lipinski definition) is 0. The van der Waals surface area contributed by atoms with E-state index in [2.05, 4.69) is 66.0 Å². The Morgan fingerprint density at radius 1 is 0.522 bits per heavy atom. The van der Waals surface area contributed by atoms with Crippen molar-refractivity contribution < 1.29 is 0 Å². The maximum atomic E-state index is 4.77. The van der Waals surface area contributed by atoms with Crippen LogP contribution >= 0.6 is 11.3 Å². The van der Waals surface area contributed by atoms with E-state index in [-0.39, 0.29) is 0 Å². The fourth-order valence-electron chi connectivity index (χ4n) is 2.58. The van der Waals surface area contributed by atoms with E-state index in [1.54, 1.807) is 11.3 Å². The summed E-state index contributed by atoms with van der Waals surface area (Å²) in [6, 6.07) is 29.4. The molecule has 0 atom stereocenters. The van der Waals surface area contributed by atoms with Gasteiger partial charge in [0.25, 0.3) is 0 Å². The minimum Gasteiger partial charge on any atom is -0.236 e. The zero-order valence-electron chi connectivity index (χ0n) is 12.5. The van der Waals surface area contributed by atoms with Crippen LogP contribution < -0.4 is 0 Å². The molecule has 1 aromatic heterocycles. The largest absolute Gasteiger partial charge is 0.236 e. The molecule has 3 aromatic carbocycles. The zero-order chi connectivity index (χ0) is 15.5. The Morgan fingerprint density at radius 3 is 1.70 bits per heavy atom. The maximum Gasteiger partial charge on any atom is 0.124 e. The Hall–Kier alpha value is -2.71. The second kappa shape index (κ2) is 6.19. The minimum atomic E-state index is 1.04. The Balaban J connectivity index is 1.63. The lowest BCUT2D eigenvalue weighted by Crippen LogP contribution is -1.81. The van der Waals surface area contributed by atoms with Gasteiger partial charge in [0.15, 0.2) is 0 Å². The van der Waals surface area contributed by atoms with E-state index < -0.39 is 0 Å². The molecule has 0 aliphatic carbocycles. The zero-order valence-corrected chi connectivity index (χ0v) is 13.3. The number of nitrogens with zero attached hydrogens (tertiary/aromatic N) is 1. The van der Waals surface area contributed by atoms with Crippen LogP contribution in [0.15, 0.2) is 90.3 Å². The first-order valence-electron chi connectivity index (χ1n) is 7.57. The average molecular weight is 313 g/mol. The van der Waals surface area contributed by atoms with Gasteiger partial charge in [-0.05, 0) is 11.1 Å². The molecule has 110 valence electrons. The summed E-state index contributed by atoms with van der Waals surface area (Å²) >= 11 is 1.69. The number of rotatable bonds is 3. The van der Waals surface area contributed by atoms with Crippen LogP contribution in [0.2, 0.25) is 0 Å². The lowest BCUT2D eigenvalue weighted by molar-refractivity contribution is 1.40. The van der Waals surface area contributed by atoms with Gasteiger partial charge in [-0.3, -0.25) is 0 Å². The summed E-state index contributed by atoms with van der Waals surface area (Å²) in [7, 11) is 0. The Labute approximate surface area is 139 Å². The molecule has 0 saturated carbocycles. The molecular formula is C21H15NS. The summed E-state index contributed by atoms with van der Waals surface area (Å²) < 4.78 is 0. The van der Waals surface area contributed by atoms with Crippen LogP contribution in [0.1, 0.15) is 0 Å². The molecule has 2 heteroatoms. The van der Waals surface area contributed by atoms with Gasteiger partial charge in [-0.2, -0.15) is 0 Å². The number of thiazole rings is 1. The molecule has 0 spiro atoms. The van der Waals surface area contributed by atoms with Crippen molar-refractivity contribution in [2.75, 3.05) is 0 Å². The van der Waals surface area contributed by atoms with Crippen molar-refractivity contribution in [3.63, 3.8) is 0 Å². The predicted octanol–water partition coefficient (Wildman–Crippen LogP) is 6.14. The second-order valence-electron chi connectivity index (χ2n) is 5.35. The smallest absolute Gasteiger partial charge is 0.124 e. The topological polar surface area (TPSA) is 12.9 Å². The first kappa shape index (κ1) is 13.9. The number of benzene rings is 3.